The molecule has 7 nitrogen and oxygen atoms in total. The van der Waals surface area contributed by atoms with Crippen molar-refractivity contribution in [1.29, 1.82) is 5.26 Å². The number of nitriles is 1. The highest BCUT2D eigenvalue weighted by atomic mass is 16.5. The molecule has 0 N–H and O–H groups in total. The van der Waals surface area contributed by atoms with Crippen molar-refractivity contribution in [2.75, 3.05) is 0 Å². The zero-order valence-electron chi connectivity index (χ0n) is 14.3. The molecular weight excluding hydrogens is 340 g/mol. The minimum absolute atomic E-state index is 0.179. The molecule has 1 aliphatic carbocycles. The molecule has 3 heterocycles. The summed E-state index contributed by atoms with van der Waals surface area (Å²) in [4.78, 5) is 17.5. The smallest absolute Gasteiger partial charge is 0.319 e. The van der Waals surface area contributed by atoms with Gasteiger partial charge in [0.2, 0.25) is 0 Å². The van der Waals surface area contributed by atoms with Crippen molar-refractivity contribution in [3.8, 4) is 17.9 Å². The maximum absolute atomic E-state index is 9.48. The molecule has 130 valence electrons. The summed E-state index contributed by atoms with van der Waals surface area (Å²) in [7, 11) is 0. The van der Waals surface area contributed by atoms with Crippen LogP contribution in [0.5, 0.6) is 6.01 Å². The first-order valence-corrected chi connectivity index (χ1v) is 8.63. The molecule has 0 fully saturated rings. The molecule has 1 unspecified atom stereocenters. The van der Waals surface area contributed by atoms with Crippen molar-refractivity contribution < 1.29 is 4.74 Å². The van der Waals surface area contributed by atoms with Crippen LogP contribution in [0.2, 0.25) is 0 Å². The number of imidazole rings is 1. The van der Waals surface area contributed by atoms with Crippen LogP contribution >= 0.6 is 0 Å². The van der Waals surface area contributed by atoms with Crippen molar-refractivity contribution in [3.63, 3.8) is 0 Å². The number of nitrogens with zero attached hydrogens (tertiary/aromatic N) is 6. The van der Waals surface area contributed by atoms with Gasteiger partial charge in [0.05, 0.1) is 22.9 Å². The van der Waals surface area contributed by atoms with E-state index >= 15 is 0 Å². The summed E-state index contributed by atoms with van der Waals surface area (Å²) in [5.41, 5.74) is 4.18. The quantitative estimate of drug-likeness (QED) is 0.561. The number of hydrogen-bond donors (Lipinski definition) is 0. The van der Waals surface area contributed by atoms with E-state index in [0.29, 0.717) is 11.4 Å². The van der Waals surface area contributed by atoms with Crippen LogP contribution in [0.3, 0.4) is 0 Å². The van der Waals surface area contributed by atoms with Crippen molar-refractivity contribution in [1.82, 2.24) is 24.5 Å². The van der Waals surface area contributed by atoms with E-state index in [1.165, 1.54) is 11.8 Å². The molecule has 1 atom stereocenters. The number of benzene rings is 1. The summed E-state index contributed by atoms with van der Waals surface area (Å²) >= 11 is 0. The number of fused-ring (bicyclic) bond motifs is 2. The van der Waals surface area contributed by atoms with E-state index in [1.54, 1.807) is 17.1 Å². The van der Waals surface area contributed by atoms with Crippen molar-refractivity contribution >= 4 is 11.0 Å². The summed E-state index contributed by atoms with van der Waals surface area (Å²) in [6.07, 6.45) is 6.48. The van der Waals surface area contributed by atoms with E-state index in [-0.39, 0.29) is 12.1 Å². The number of hydrogen-bond acceptors (Lipinski definition) is 6. The zero-order chi connectivity index (χ0) is 18.2. The van der Waals surface area contributed by atoms with Gasteiger partial charge in [0.15, 0.2) is 5.82 Å². The second-order valence-corrected chi connectivity index (χ2v) is 6.30. The van der Waals surface area contributed by atoms with Gasteiger partial charge in [-0.1, -0.05) is 18.2 Å². The summed E-state index contributed by atoms with van der Waals surface area (Å²) < 4.78 is 7.81. The molecule has 1 aliphatic rings. The molecule has 4 aromatic rings. The van der Waals surface area contributed by atoms with Gasteiger partial charge in [0.1, 0.15) is 24.1 Å². The fraction of sp³-hybridized carbons (Fsp3) is 0.150. The Bertz CT molecular complexity index is 1190. The number of rotatable bonds is 3. The minimum atomic E-state index is -0.179. The van der Waals surface area contributed by atoms with E-state index in [9.17, 15) is 5.26 Å². The Labute approximate surface area is 154 Å². The molecule has 3 aromatic heterocycles. The molecule has 0 amide bonds. The second kappa shape index (κ2) is 6.18. The van der Waals surface area contributed by atoms with Crippen LogP contribution < -0.4 is 4.74 Å². The fourth-order valence-electron chi connectivity index (χ4n) is 3.42. The van der Waals surface area contributed by atoms with Gasteiger partial charge in [-0.25, -0.2) is 9.97 Å². The van der Waals surface area contributed by atoms with E-state index in [0.717, 1.165) is 29.6 Å². The third-order valence-corrected chi connectivity index (χ3v) is 4.70. The first kappa shape index (κ1) is 15.5. The van der Waals surface area contributed by atoms with Crippen LogP contribution in [0.1, 0.15) is 29.3 Å². The molecule has 5 rings (SSSR count). The van der Waals surface area contributed by atoms with Crippen LogP contribution in [0.15, 0.2) is 55.1 Å². The lowest BCUT2D eigenvalue weighted by Crippen LogP contribution is -2.10. The molecule has 7 heteroatoms. The van der Waals surface area contributed by atoms with Gasteiger partial charge in [0.25, 0.3) is 0 Å². The van der Waals surface area contributed by atoms with Gasteiger partial charge >= 0.3 is 6.01 Å². The van der Waals surface area contributed by atoms with Crippen LogP contribution in [-0.4, -0.2) is 24.5 Å². The normalized spacial score (nSPS) is 15.4. The van der Waals surface area contributed by atoms with Crippen LogP contribution in [0.25, 0.3) is 16.9 Å². The molecule has 0 spiro atoms. The number of para-hydroxylation sites is 2. The highest BCUT2D eigenvalue weighted by molar-refractivity contribution is 5.77. The Morgan fingerprint density at radius 2 is 2.04 bits per heavy atom. The topological polar surface area (TPSA) is 89.5 Å². The van der Waals surface area contributed by atoms with Gasteiger partial charge in [-0.05, 0) is 36.6 Å². The Morgan fingerprint density at radius 1 is 1.11 bits per heavy atom. The lowest BCUT2D eigenvalue weighted by molar-refractivity contribution is 0.185. The van der Waals surface area contributed by atoms with Gasteiger partial charge in [0, 0.05) is 6.20 Å². The average Bonchev–Trinajstić information content (AvgIpc) is 3.32. The van der Waals surface area contributed by atoms with Gasteiger partial charge in [-0.2, -0.15) is 10.2 Å². The first-order chi connectivity index (χ1) is 13.3. The van der Waals surface area contributed by atoms with Crippen molar-refractivity contribution in [2.24, 2.45) is 0 Å². The Hall–Kier alpha value is -3.79. The standard InChI is InChI=1S/C20H14N6O/c21-10-14-11-23-20(27-17-8-7-13-4-3-9-22-18(13)17)25-19(14)26-12-24-15-5-1-2-6-16(15)26/h1-6,9,11-12,17H,7-8H2. The van der Waals surface area contributed by atoms with Crippen molar-refractivity contribution in [2.45, 2.75) is 18.9 Å². The van der Waals surface area contributed by atoms with Crippen molar-refractivity contribution in [3.05, 3.63) is 71.9 Å². The third kappa shape index (κ3) is 2.59. The lowest BCUT2D eigenvalue weighted by Gasteiger charge is -2.13. The SMILES string of the molecule is N#Cc1cnc(OC2CCc3cccnc32)nc1-n1cnc2ccccc21. The molecule has 0 radical (unpaired) electrons. The van der Waals surface area contributed by atoms with E-state index in [4.69, 9.17) is 4.74 Å². The summed E-state index contributed by atoms with van der Waals surface area (Å²) in [6.45, 7) is 0. The summed E-state index contributed by atoms with van der Waals surface area (Å²) in [5, 5.41) is 9.48. The monoisotopic (exact) mass is 354 g/mol. The highest BCUT2D eigenvalue weighted by Crippen LogP contribution is 2.32. The van der Waals surface area contributed by atoms with Gasteiger partial charge in [-0.15, -0.1) is 0 Å². The average molecular weight is 354 g/mol. The molecule has 0 bridgehead atoms. The van der Waals surface area contributed by atoms with E-state index in [1.807, 2.05) is 30.3 Å². The Kier molecular flexibility index (Phi) is 3.54. The number of aromatic nitrogens is 5. The zero-order valence-corrected chi connectivity index (χ0v) is 14.3. The van der Waals surface area contributed by atoms with E-state index < -0.39 is 0 Å². The number of aryl methyl sites for hydroxylation is 1. The predicted molar refractivity (Wildman–Crippen MR) is 97.3 cm³/mol. The highest BCUT2D eigenvalue weighted by Gasteiger charge is 2.26. The minimum Gasteiger partial charge on any atom is -0.454 e. The fourth-order valence-corrected chi connectivity index (χ4v) is 3.42. The molecular formula is C20H14N6O. The third-order valence-electron chi connectivity index (χ3n) is 4.70. The first-order valence-electron chi connectivity index (χ1n) is 8.63. The van der Waals surface area contributed by atoms with Crippen LogP contribution in [0, 0.1) is 11.3 Å². The Balaban J connectivity index is 1.55. The summed E-state index contributed by atoms with van der Waals surface area (Å²) in [5.74, 6) is 0.454. The Morgan fingerprint density at radius 3 is 2.96 bits per heavy atom. The number of ether oxygens (including phenoxy) is 1. The maximum atomic E-state index is 9.48. The van der Waals surface area contributed by atoms with Crippen LogP contribution in [-0.2, 0) is 6.42 Å². The van der Waals surface area contributed by atoms with E-state index in [2.05, 4.69) is 32.1 Å². The van der Waals surface area contributed by atoms with Gasteiger partial charge < -0.3 is 4.74 Å². The lowest BCUT2D eigenvalue weighted by atomic mass is 10.2. The molecule has 0 saturated heterocycles. The maximum Gasteiger partial charge on any atom is 0.319 e. The number of pyridine rings is 1. The predicted octanol–water partition coefficient (Wildman–Crippen LogP) is 3.15. The molecule has 0 saturated carbocycles. The molecule has 1 aromatic carbocycles. The van der Waals surface area contributed by atoms with Crippen LogP contribution in [0.4, 0.5) is 0 Å². The largest absolute Gasteiger partial charge is 0.454 e. The molecule has 0 aliphatic heterocycles. The molecule has 27 heavy (non-hydrogen) atoms. The summed E-state index contributed by atoms with van der Waals surface area (Å²) in [6, 6.07) is 14.1. The second-order valence-electron chi connectivity index (χ2n) is 6.30. The van der Waals surface area contributed by atoms with Gasteiger partial charge in [-0.3, -0.25) is 9.55 Å².